The minimum atomic E-state index is -0.272. The quantitative estimate of drug-likeness (QED) is 0.0627. The molecule has 0 aliphatic rings. The number of hydrazone groups is 1. The molecule has 0 spiro atoms. The molecule has 0 bridgehead atoms. The molecule has 0 atom stereocenters. The molecule has 1 heterocycles. The number of nitrogens with zero attached hydrogens (tertiary/aromatic N) is 2. The van der Waals surface area contributed by atoms with Crippen LogP contribution in [-0.2, 0) is 13.1 Å². The molecule has 10 N–H and O–H groups in total. The van der Waals surface area contributed by atoms with Gasteiger partial charge in [0.2, 0.25) is 0 Å². The van der Waals surface area contributed by atoms with Gasteiger partial charge in [0.15, 0.2) is 5.84 Å². The predicted molar refractivity (Wildman–Crippen MR) is 153 cm³/mol. The van der Waals surface area contributed by atoms with E-state index in [-0.39, 0.29) is 17.3 Å². The summed E-state index contributed by atoms with van der Waals surface area (Å²) in [5, 5.41) is 15.0. The summed E-state index contributed by atoms with van der Waals surface area (Å²) >= 11 is 1.04. The highest BCUT2D eigenvalue weighted by atomic mass is 32.2. The molecule has 11 heteroatoms. The number of carbonyl (C=O) groups is 1. The van der Waals surface area contributed by atoms with Gasteiger partial charge in [0.25, 0.3) is 11.5 Å². The van der Waals surface area contributed by atoms with E-state index in [0.29, 0.717) is 35.3 Å². The second kappa shape index (κ2) is 12.1. The number of benzene rings is 3. The molecule has 0 radical (unpaired) electrons. The van der Waals surface area contributed by atoms with E-state index >= 15 is 0 Å². The molecular formula is C27H28N8O2S. The number of hydrogen-bond donors (Lipinski definition) is 6. The number of fused-ring (bicyclic) bond motifs is 1. The first-order chi connectivity index (χ1) is 18.4. The van der Waals surface area contributed by atoms with Crippen molar-refractivity contribution in [2.24, 2.45) is 27.6 Å². The third kappa shape index (κ3) is 6.21. The summed E-state index contributed by atoms with van der Waals surface area (Å²) in [6.45, 7) is 0.690. The van der Waals surface area contributed by atoms with E-state index in [1.54, 1.807) is 46.5 Å². The van der Waals surface area contributed by atoms with Crippen molar-refractivity contribution in [1.29, 1.82) is 0 Å². The normalized spacial score (nSPS) is 11.9. The number of amides is 1. The molecule has 194 valence electrons. The minimum Gasteiger partial charge on any atom is -0.398 e. The van der Waals surface area contributed by atoms with Gasteiger partial charge in [0, 0.05) is 40.4 Å². The molecule has 0 aliphatic heterocycles. The number of amidine groups is 1. The zero-order valence-corrected chi connectivity index (χ0v) is 21.2. The van der Waals surface area contributed by atoms with Gasteiger partial charge in [-0.25, -0.2) is 11.4 Å². The van der Waals surface area contributed by atoms with Gasteiger partial charge in [-0.05, 0) is 40.3 Å². The largest absolute Gasteiger partial charge is 0.398 e. The van der Waals surface area contributed by atoms with Crippen LogP contribution in [0.15, 0.2) is 94.3 Å². The number of hydrazine groups is 1. The summed E-state index contributed by atoms with van der Waals surface area (Å²) in [6, 6.07) is 21.8. The zero-order valence-electron chi connectivity index (χ0n) is 20.4. The van der Waals surface area contributed by atoms with Gasteiger partial charge in [-0.15, -0.1) is 5.10 Å². The smallest absolute Gasteiger partial charge is 0.258 e. The Bertz CT molecular complexity index is 1560. The Morgan fingerprint density at radius 2 is 1.58 bits per heavy atom. The van der Waals surface area contributed by atoms with E-state index in [2.05, 4.69) is 16.0 Å². The lowest BCUT2D eigenvalue weighted by Crippen LogP contribution is -2.24. The zero-order chi connectivity index (χ0) is 27.1. The first-order valence-corrected chi connectivity index (χ1v) is 12.5. The Hall–Kier alpha value is -4.58. The average molecular weight is 529 g/mol. The Kier molecular flexibility index (Phi) is 8.44. The molecule has 1 aromatic heterocycles. The number of aromatic nitrogens is 1. The van der Waals surface area contributed by atoms with Crippen molar-refractivity contribution in [2.45, 2.75) is 13.1 Å². The van der Waals surface area contributed by atoms with Crippen molar-refractivity contribution in [3.63, 3.8) is 0 Å². The predicted octanol–water partition coefficient (Wildman–Crippen LogP) is 1.93. The van der Waals surface area contributed by atoms with Crippen LogP contribution in [0.3, 0.4) is 0 Å². The van der Waals surface area contributed by atoms with Crippen LogP contribution < -0.4 is 38.9 Å². The summed E-state index contributed by atoms with van der Waals surface area (Å²) in [5.74, 6) is 5.15. The fraction of sp³-hybridized carbons (Fsp3) is 0.0741. The molecule has 0 unspecified atom stereocenters. The summed E-state index contributed by atoms with van der Waals surface area (Å²) in [7, 11) is 0. The highest BCUT2D eigenvalue weighted by Gasteiger charge is 2.10. The number of pyridine rings is 1. The molecular weight excluding hydrogens is 500 g/mol. The van der Waals surface area contributed by atoms with Crippen molar-refractivity contribution in [3.8, 4) is 0 Å². The van der Waals surface area contributed by atoms with Crippen molar-refractivity contribution in [1.82, 2.24) is 15.4 Å². The Morgan fingerprint density at radius 1 is 0.921 bits per heavy atom. The minimum absolute atomic E-state index is 0.188. The van der Waals surface area contributed by atoms with Crippen LogP contribution in [0, 0.1) is 0 Å². The lowest BCUT2D eigenvalue weighted by atomic mass is 10.1. The molecule has 0 fully saturated rings. The third-order valence-electron chi connectivity index (χ3n) is 5.96. The first kappa shape index (κ1) is 26.5. The van der Waals surface area contributed by atoms with Crippen LogP contribution >= 0.6 is 11.9 Å². The Morgan fingerprint density at radius 3 is 2.26 bits per heavy atom. The van der Waals surface area contributed by atoms with E-state index in [1.165, 1.54) is 0 Å². The van der Waals surface area contributed by atoms with Gasteiger partial charge < -0.3 is 21.4 Å². The summed E-state index contributed by atoms with van der Waals surface area (Å²) in [5.41, 5.74) is 18.1. The summed E-state index contributed by atoms with van der Waals surface area (Å²) < 4.78 is 1.60. The Labute approximate surface area is 223 Å². The molecule has 4 aromatic rings. The number of hydrogen-bond acceptors (Lipinski definition) is 8. The average Bonchev–Trinajstić information content (AvgIpc) is 2.94. The lowest BCUT2D eigenvalue weighted by molar-refractivity contribution is 0.0951. The van der Waals surface area contributed by atoms with Gasteiger partial charge in [-0.2, -0.15) is 0 Å². The number of carbonyl (C=O) groups excluding carboxylic acids is 1. The van der Waals surface area contributed by atoms with Gasteiger partial charge in [-0.3, -0.25) is 14.7 Å². The highest BCUT2D eigenvalue weighted by Crippen LogP contribution is 2.15. The third-order valence-corrected chi connectivity index (χ3v) is 6.35. The van der Waals surface area contributed by atoms with Crippen LogP contribution in [-0.4, -0.2) is 16.3 Å². The molecule has 3 aromatic carbocycles. The second-order valence-corrected chi connectivity index (χ2v) is 8.97. The van der Waals surface area contributed by atoms with Crippen LogP contribution in [0.1, 0.15) is 32.6 Å². The summed E-state index contributed by atoms with van der Waals surface area (Å²) in [6.07, 6.45) is 1.74. The van der Waals surface area contributed by atoms with Crippen molar-refractivity contribution in [3.05, 3.63) is 123 Å². The molecule has 0 saturated carbocycles. The first-order valence-electron chi connectivity index (χ1n) is 11.6. The van der Waals surface area contributed by atoms with E-state index in [0.717, 1.165) is 34.0 Å². The van der Waals surface area contributed by atoms with Crippen LogP contribution in [0.2, 0.25) is 0 Å². The molecule has 0 saturated heterocycles. The standard InChI is InChI=1S/C27H28N8O2S/c28-24(16-38-31)20-5-1-17(2-6-20)14-32-26(36)22-10-9-19-11-12-35(27(37)23(19)13-22)15-18-3-7-21(8-4-18)25(29)33-34-30/h1-13,16,34H,14-15,28,30-31H2,(H2,29,33)(H,32,36)/b24-16-. The highest BCUT2D eigenvalue weighted by molar-refractivity contribution is 8.00. The monoisotopic (exact) mass is 528 g/mol. The number of nitrogens with two attached hydrogens (primary N) is 4. The fourth-order valence-electron chi connectivity index (χ4n) is 3.90. The molecule has 1 amide bonds. The van der Waals surface area contributed by atoms with Gasteiger partial charge in [-0.1, -0.05) is 66.5 Å². The van der Waals surface area contributed by atoms with Gasteiger partial charge in [0.05, 0.1) is 6.54 Å². The summed E-state index contributed by atoms with van der Waals surface area (Å²) in [4.78, 5) is 26.1. The van der Waals surface area contributed by atoms with E-state index in [4.69, 9.17) is 22.4 Å². The second-order valence-electron chi connectivity index (χ2n) is 8.46. The van der Waals surface area contributed by atoms with Crippen LogP contribution in [0.5, 0.6) is 0 Å². The number of nitrogens with one attached hydrogen (secondary N) is 2. The van der Waals surface area contributed by atoms with Gasteiger partial charge >= 0.3 is 0 Å². The molecule has 4 rings (SSSR count). The van der Waals surface area contributed by atoms with Crippen LogP contribution in [0.25, 0.3) is 16.5 Å². The molecule has 0 aliphatic carbocycles. The van der Waals surface area contributed by atoms with Crippen LogP contribution in [0.4, 0.5) is 0 Å². The number of rotatable bonds is 9. The maximum absolute atomic E-state index is 13.2. The van der Waals surface area contributed by atoms with E-state index in [9.17, 15) is 9.59 Å². The fourth-order valence-corrected chi connectivity index (χ4v) is 4.18. The molecule has 38 heavy (non-hydrogen) atoms. The topological polar surface area (TPSA) is 180 Å². The molecule has 10 nitrogen and oxygen atoms in total. The van der Waals surface area contributed by atoms with Crippen molar-refractivity contribution < 1.29 is 4.79 Å². The van der Waals surface area contributed by atoms with Gasteiger partial charge in [0.1, 0.15) is 0 Å². The maximum atomic E-state index is 13.2. The Balaban J connectivity index is 1.48. The lowest BCUT2D eigenvalue weighted by Gasteiger charge is -2.10. The maximum Gasteiger partial charge on any atom is 0.258 e. The van der Waals surface area contributed by atoms with E-state index < -0.39 is 0 Å². The SMILES string of the molecule is NN/N=C(\N)c1ccc(Cn2ccc3ccc(C(=O)NCc4ccc(/C(N)=C/SN)cc4)cc3c2=O)cc1. The van der Waals surface area contributed by atoms with Crippen molar-refractivity contribution in [2.75, 3.05) is 0 Å². The van der Waals surface area contributed by atoms with Crippen molar-refractivity contribution >= 4 is 40.2 Å². The van der Waals surface area contributed by atoms with E-state index in [1.807, 2.05) is 42.5 Å².